The van der Waals surface area contributed by atoms with Crippen LogP contribution in [0.15, 0.2) is 22.6 Å². The van der Waals surface area contributed by atoms with Crippen molar-refractivity contribution >= 4 is 0 Å². The van der Waals surface area contributed by atoms with Crippen LogP contribution in [0.5, 0.6) is 0 Å². The normalized spacial score (nSPS) is 20.4. The number of oxazole rings is 1. The Morgan fingerprint density at radius 2 is 2.00 bits per heavy atom. The molecule has 0 N–H and O–H groups in total. The van der Waals surface area contributed by atoms with E-state index < -0.39 is 11.6 Å². The summed E-state index contributed by atoms with van der Waals surface area (Å²) in [6.07, 6.45) is 6.39. The second kappa shape index (κ2) is 8.07. The van der Waals surface area contributed by atoms with Gasteiger partial charge in [-0.2, -0.15) is 0 Å². The quantitative estimate of drug-likeness (QED) is 0.702. The van der Waals surface area contributed by atoms with Crippen molar-refractivity contribution in [2.45, 2.75) is 51.7 Å². The van der Waals surface area contributed by atoms with E-state index in [0.29, 0.717) is 12.3 Å². The summed E-state index contributed by atoms with van der Waals surface area (Å²) < 4.78 is 38.8. The van der Waals surface area contributed by atoms with Gasteiger partial charge in [-0.3, -0.25) is 4.90 Å². The number of rotatable bonds is 7. The minimum absolute atomic E-state index is 0.190. The van der Waals surface area contributed by atoms with Gasteiger partial charge in [0.05, 0.1) is 17.4 Å². The number of halogens is 2. The summed E-state index contributed by atoms with van der Waals surface area (Å²) in [5.74, 6) is 0.365. The van der Waals surface area contributed by atoms with Gasteiger partial charge in [-0.05, 0) is 50.7 Å². The maximum atomic E-state index is 14.1. The number of hydrogen-bond acceptors (Lipinski definition) is 4. The lowest BCUT2D eigenvalue weighted by molar-refractivity contribution is 0.0574. The average Bonchev–Trinajstić information content (AvgIpc) is 3.21. The van der Waals surface area contributed by atoms with Crippen LogP contribution in [0.1, 0.15) is 43.6 Å². The molecule has 1 aliphatic carbocycles. The Labute approximate surface area is 158 Å². The summed E-state index contributed by atoms with van der Waals surface area (Å²) in [5, 5.41) is 0. The Morgan fingerprint density at radius 1 is 1.15 bits per heavy atom. The summed E-state index contributed by atoms with van der Waals surface area (Å²) in [7, 11) is 0. The lowest BCUT2D eigenvalue weighted by Crippen LogP contribution is -2.37. The van der Waals surface area contributed by atoms with Crippen LogP contribution in [0.3, 0.4) is 0 Å². The Kier molecular flexibility index (Phi) is 5.55. The van der Waals surface area contributed by atoms with Crippen LogP contribution in [0.25, 0.3) is 11.5 Å². The van der Waals surface area contributed by atoms with Gasteiger partial charge in [0.2, 0.25) is 5.89 Å². The summed E-state index contributed by atoms with van der Waals surface area (Å²) in [4.78, 5) is 6.92. The van der Waals surface area contributed by atoms with E-state index in [1.54, 1.807) is 0 Å². The first-order chi connectivity index (χ1) is 13.1. The van der Waals surface area contributed by atoms with Crippen LogP contribution >= 0.6 is 0 Å². The van der Waals surface area contributed by atoms with Gasteiger partial charge < -0.3 is 9.15 Å². The fourth-order valence-electron chi connectivity index (χ4n) is 3.89. The fourth-order valence-corrected chi connectivity index (χ4v) is 3.89. The molecule has 1 aromatic carbocycles. The van der Waals surface area contributed by atoms with Crippen molar-refractivity contribution in [3.63, 3.8) is 0 Å². The smallest absolute Gasteiger partial charge is 0.229 e. The molecule has 0 unspecified atom stereocenters. The summed E-state index contributed by atoms with van der Waals surface area (Å²) in [6.45, 7) is 5.28. The maximum absolute atomic E-state index is 14.1. The molecule has 0 amide bonds. The number of ether oxygens (including phenoxy) is 1. The van der Waals surface area contributed by atoms with Crippen molar-refractivity contribution < 1.29 is 17.9 Å². The Balaban J connectivity index is 1.50. The molecule has 2 fully saturated rings. The van der Waals surface area contributed by atoms with Gasteiger partial charge in [0, 0.05) is 32.3 Å². The molecule has 1 saturated carbocycles. The standard InChI is InChI=1S/C21H26F2N2O2/c1-14-20(24-21(27-14)18-8-7-16(22)10-19(18)23)13-25(11-15-4-2-5-15)12-17-6-3-9-26-17/h7-8,10,15,17H,2-6,9,11-13H2,1H3/t17-/m0/s1. The molecule has 2 heterocycles. The van der Waals surface area contributed by atoms with E-state index in [2.05, 4.69) is 9.88 Å². The van der Waals surface area contributed by atoms with E-state index in [1.165, 1.54) is 31.4 Å². The minimum Gasteiger partial charge on any atom is -0.441 e. The van der Waals surface area contributed by atoms with Crippen LogP contribution in [0, 0.1) is 24.5 Å². The SMILES string of the molecule is Cc1oc(-c2ccc(F)cc2F)nc1CN(CC1CCC1)C[C@@H]1CCCO1. The number of aromatic nitrogens is 1. The lowest BCUT2D eigenvalue weighted by atomic mass is 9.85. The zero-order valence-electron chi connectivity index (χ0n) is 15.7. The van der Waals surface area contributed by atoms with Crippen LogP contribution in [-0.2, 0) is 11.3 Å². The van der Waals surface area contributed by atoms with Gasteiger partial charge in [-0.1, -0.05) is 6.42 Å². The highest BCUT2D eigenvalue weighted by atomic mass is 19.1. The third-order valence-corrected chi connectivity index (χ3v) is 5.65. The number of benzene rings is 1. The van der Waals surface area contributed by atoms with Crippen molar-refractivity contribution in [3.05, 3.63) is 41.3 Å². The van der Waals surface area contributed by atoms with Gasteiger partial charge >= 0.3 is 0 Å². The predicted octanol–water partition coefficient (Wildman–Crippen LogP) is 4.71. The third kappa shape index (κ3) is 4.38. The largest absolute Gasteiger partial charge is 0.441 e. The highest BCUT2D eigenvalue weighted by Crippen LogP contribution is 2.30. The topological polar surface area (TPSA) is 38.5 Å². The van der Waals surface area contributed by atoms with Crippen molar-refractivity contribution in [2.24, 2.45) is 5.92 Å². The molecule has 4 rings (SSSR count). The number of hydrogen-bond donors (Lipinski definition) is 0. The molecule has 146 valence electrons. The van der Waals surface area contributed by atoms with Crippen LogP contribution in [0.4, 0.5) is 8.78 Å². The Hall–Kier alpha value is -1.79. The lowest BCUT2D eigenvalue weighted by Gasteiger charge is -2.33. The van der Waals surface area contributed by atoms with E-state index in [9.17, 15) is 8.78 Å². The predicted molar refractivity (Wildman–Crippen MR) is 98.2 cm³/mol. The first-order valence-corrected chi connectivity index (χ1v) is 9.84. The molecule has 2 aromatic rings. The average molecular weight is 376 g/mol. The third-order valence-electron chi connectivity index (χ3n) is 5.65. The molecular weight excluding hydrogens is 350 g/mol. The van der Waals surface area contributed by atoms with Crippen molar-refractivity contribution in [1.82, 2.24) is 9.88 Å². The van der Waals surface area contributed by atoms with Gasteiger partial charge in [0.15, 0.2) is 0 Å². The Morgan fingerprint density at radius 3 is 2.67 bits per heavy atom. The molecule has 1 aromatic heterocycles. The molecule has 0 radical (unpaired) electrons. The van der Waals surface area contributed by atoms with Gasteiger partial charge in [0.1, 0.15) is 17.4 Å². The first kappa shape index (κ1) is 18.6. The van der Waals surface area contributed by atoms with Gasteiger partial charge in [-0.25, -0.2) is 13.8 Å². The molecule has 0 spiro atoms. The fraction of sp³-hybridized carbons (Fsp3) is 0.571. The molecule has 27 heavy (non-hydrogen) atoms. The zero-order valence-corrected chi connectivity index (χ0v) is 15.7. The highest BCUT2D eigenvalue weighted by Gasteiger charge is 2.26. The first-order valence-electron chi connectivity index (χ1n) is 9.84. The van der Waals surface area contributed by atoms with E-state index in [0.717, 1.165) is 50.2 Å². The van der Waals surface area contributed by atoms with E-state index >= 15 is 0 Å². The molecule has 6 heteroatoms. The zero-order chi connectivity index (χ0) is 18.8. The van der Waals surface area contributed by atoms with Gasteiger partial charge in [-0.15, -0.1) is 0 Å². The molecule has 0 bridgehead atoms. The highest BCUT2D eigenvalue weighted by molar-refractivity contribution is 5.54. The summed E-state index contributed by atoms with van der Waals surface area (Å²) in [6, 6.07) is 3.45. The van der Waals surface area contributed by atoms with Crippen molar-refractivity contribution in [2.75, 3.05) is 19.7 Å². The van der Waals surface area contributed by atoms with E-state index in [4.69, 9.17) is 9.15 Å². The maximum Gasteiger partial charge on any atom is 0.229 e. The second-order valence-electron chi connectivity index (χ2n) is 7.77. The van der Waals surface area contributed by atoms with Crippen molar-refractivity contribution in [1.29, 1.82) is 0 Å². The summed E-state index contributed by atoms with van der Waals surface area (Å²) >= 11 is 0. The molecule has 1 atom stereocenters. The molecular formula is C21H26F2N2O2. The molecule has 1 saturated heterocycles. The summed E-state index contributed by atoms with van der Waals surface area (Å²) in [5.41, 5.74) is 1.00. The Bertz CT molecular complexity index is 782. The van der Waals surface area contributed by atoms with E-state index in [1.807, 2.05) is 6.92 Å². The minimum atomic E-state index is -0.659. The molecule has 4 nitrogen and oxygen atoms in total. The van der Waals surface area contributed by atoms with E-state index in [-0.39, 0.29) is 17.6 Å². The number of nitrogens with zero attached hydrogens (tertiary/aromatic N) is 2. The van der Waals surface area contributed by atoms with Gasteiger partial charge in [0.25, 0.3) is 0 Å². The second-order valence-corrected chi connectivity index (χ2v) is 7.77. The number of aryl methyl sites for hydroxylation is 1. The van der Waals surface area contributed by atoms with Crippen molar-refractivity contribution in [3.8, 4) is 11.5 Å². The monoisotopic (exact) mass is 376 g/mol. The van der Waals surface area contributed by atoms with Crippen LogP contribution in [-0.4, -0.2) is 35.7 Å². The molecule has 2 aliphatic rings. The van der Waals surface area contributed by atoms with Crippen LogP contribution < -0.4 is 0 Å². The molecule has 1 aliphatic heterocycles. The van der Waals surface area contributed by atoms with Crippen LogP contribution in [0.2, 0.25) is 0 Å².